The third-order valence-electron chi connectivity index (χ3n) is 6.93. The molecule has 0 saturated carbocycles. The van der Waals surface area contributed by atoms with E-state index < -0.39 is 8.32 Å². The number of aryl methyl sites for hydroxylation is 1. The predicted molar refractivity (Wildman–Crippen MR) is 143 cm³/mol. The Labute approximate surface area is 210 Å². The summed E-state index contributed by atoms with van der Waals surface area (Å²) in [6.45, 7) is 16.2. The summed E-state index contributed by atoms with van der Waals surface area (Å²) < 4.78 is 19.3. The minimum absolute atomic E-state index is 0.0851. The molecule has 3 atom stereocenters. The Hall–Kier alpha value is -1.60. The van der Waals surface area contributed by atoms with Crippen LogP contribution in [0.25, 0.3) is 0 Å². The van der Waals surface area contributed by atoms with Crippen molar-refractivity contribution in [2.24, 2.45) is 0 Å². The quantitative estimate of drug-likeness (QED) is 0.248. The van der Waals surface area contributed by atoms with E-state index in [-0.39, 0.29) is 23.6 Å². The van der Waals surface area contributed by atoms with Crippen LogP contribution in [0.1, 0.15) is 63.9 Å². The van der Waals surface area contributed by atoms with Gasteiger partial charge in [-0.2, -0.15) is 0 Å². The Morgan fingerprint density at radius 3 is 2.12 bits per heavy atom. The van der Waals surface area contributed by atoms with E-state index in [1.807, 2.05) is 18.2 Å². The molecule has 1 fully saturated rings. The lowest BCUT2D eigenvalue weighted by Gasteiger charge is -2.43. The number of rotatable bonds is 10. The molecular formula is C28H40O4SSi. The highest BCUT2D eigenvalue weighted by atomic mass is 32.2. The lowest BCUT2D eigenvalue weighted by atomic mass is 10.2. The maximum absolute atomic E-state index is 12.9. The van der Waals surface area contributed by atoms with Gasteiger partial charge >= 0.3 is 5.97 Å². The van der Waals surface area contributed by atoms with Crippen LogP contribution in [0.2, 0.25) is 16.6 Å². The van der Waals surface area contributed by atoms with Gasteiger partial charge in [-0.05, 0) is 47.8 Å². The molecule has 1 aliphatic rings. The summed E-state index contributed by atoms with van der Waals surface area (Å²) >= 11 is 1.68. The summed E-state index contributed by atoms with van der Waals surface area (Å²) in [5, 5.41) is 0. The average molecular weight is 501 g/mol. The first-order valence-corrected chi connectivity index (χ1v) is 15.4. The minimum atomic E-state index is -2.06. The van der Waals surface area contributed by atoms with Gasteiger partial charge in [0.05, 0.1) is 12.2 Å². The number of hydrogen-bond acceptors (Lipinski definition) is 5. The predicted octanol–water partition coefficient (Wildman–Crippen LogP) is 7.62. The number of hydrogen-bond donors (Lipinski definition) is 0. The van der Waals surface area contributed by atoms with Crippen molar-refractivity contribution in [3.05, 3.63) is 65.7 Å². The maximum atomic E-state index is 12.9. The largest absolute Gasteiger partial charge is 0.456 e. The molecule has 2 aromatic carbocycles. The van der Waals surface area contributed by atoms with Crippen molar-refractivity contribution in [3.63, 3.8) is 0 Å². The zero-order chi connectivity index (χ0) is 24.9. The van der Waals surface area contributed by atoms with Crippen molar-refractivity contribution < 1.29 is 18.7 Å². The molecule has 2 aromatic rings. The van der Waals surface area contributed by atoms with E-state index in [1.165, 1.54) is 5.56 Å². The van der Waals surface area contributed by atoms with Crippen molar-refractivity contribution in [1.82, 2.24) is 0 Å². The van der Waals surface area contributed by atoms with Crippen LogP contribution in [0.4, 0.5) is 0 Å². The Morgan fingerprint density at radius 1 is 0.971 bits per heavy atom. The van der Waals surface area contributed by atoms with Gasteiger partial charge in [0.1, 0.15) is 17.6 Å². The summed E-state index contributed by atoms with van der Waals surface area (Å²) in [5.41, 5.74) is 3.16. The summed E-state index contributed by atoms with van der Waals surface area (Å²) in [5.74, 6) is -0.305. The summed E-state index contributed by atoms with van der Waals surface area (Å²) in [7, 11) is -2.06. The first-order chi connectivity index (χ1) is 16.1. The average Bonchev–Trinajstić information content (AvgIpc) is 3.16. The normalized spacial score (nSPS) is 20.9. The lowest BCUT2D eigenvalue weighted by Crippen LogP contribution is -2.50. The molecule has 0 aromatic heterocycles. The van der Waals surface area contributed by atoms with Crippen LogP contribution in [0.5, 0.6) is 0 Å². The summed E-state index contributed by atoms with van der Waals surface area (Å²) in [4.78, 5) is 14.0. The first kappa shape index (κ1) is 27.0. The van der Waals surface area contributed by atoms with Crippen LogP contribution in [0.3, 0.4) is 0 Å². The fraction of sp³-hybridized carbons (Fsp3) is 0.536. The summed E-state index contributed by atoms with van der Waals surface area (Å²) in [6, 6.07) is 17.6. The molecule has 0 bridgehead atoms. The van der Waals surface area contributed by atoms with Crippen molar-refractivity contribution in [1.29, 1.82) is 0 Å². The van der Waals surface area contributed by atoms with Gasteiger partial charge in [-0.3, -0.25) is 0 Å². The Bertz CT molecular complexity index is 892. The van der Waals surface area contributed by atoms with Crippen molar-refractivity contribution in [3.8, 4) is 0 Å². The van der Waals surface area contributed by atoms with Gasteiger partial charge in [-0.15, -0.1) is 0 Å². The van der Waals surface area contributed by atoms with E-state index in [0.717, 1.165) is 4.90 Å². The van der Waals surface area contributed by atoms with Crippen LogP contribution in [-0.4, -0.2) is 38.5 Å². The second-order valence-electron chi connectivity index (χ2n) is 10.2. The second-order valence-corrected chi connectivity index (χ2v) is 16.9. The van der Waals surface area contributed by atoms with E-state index in [1.54, 1.807) is 23.9 Å². The number of carbonyl (C=O) groups excluding carboxylic acids is 1. The molecule has 3 rings (SSSR count). The number of carbonyl (C=O) groups is 1. The third kappa shape index (κ3) is 6.33. The highest BCUT2D eigenvalue weighted by molar-refractivity contribution is 7.99. The zero-order valence-electron chi connectivity index (χ0n) is 21.6. The molecule has 6 heteroatoms. The van der Waals surface area contributed by atoms with E-state index in [2.05, 4.69) is 72.7 Å². The van der Waals surface area contributed by atoms with Crippen LogP contribution in [0.15, 0.2) is 59.5 Å². The second kappa shape index (κ2) is 11.9. The van der Waals surface area contributed by atoms with E-state index in [0.29, 0.717) is 35.2 Å². The standard InChI is InChI=1S/C28H40O4SSi/c1-19(2)34(20(3)4,21(5)6)30-18-26-25(32-28(29)23-11-9-8-10-12-23)17-27(31-26)33-24-15-13-22(7)14-16-24/h8-16,19-21,25-27H,17-18H2,1-7H3/t25-,26+,27-/m0/s1. The number of ether oxygens (including phenoxy) is 2. The molecule has 0 spiro atoms. The molecule has 4 nitrogen and oxygen atoms in total. The van der Waals surface area contributed by atoms with Gasteiger partial charge in [0, 0.05) is 11.3 Å². The third-order valence-corrected chi connectivity index (χ3v) is 14.1. The fourth-order valence-electron chi connectivity index (χ4n) is 5.30. The smallest absolute Gasteiger partial charge is 0.338 e. The van der Waals surface area contributed by atoms with Crippen molar-refractivity contribution in [2.45, 2.75) is 94.0 Å². The molecule has 1 aliphatic heterocycles. The zero-order valence-corrected chi connectivity index (χ0v) is 23.4. The van der Waals surface area contributed by atoms with E-state index >= 15 is 0 Å². The van der Waals surface area contributed by atoms with Gasteiger partial charge in [0.25, 0.3) is 0 Å². The molecule has 1 saturated heterocycles. The molecule has 34 heavy (non-hydrogen) atoms. The highest BCUT2D eigenvalue weighted by Gasteiger charge is 2.47. The first-order valence-electron chi connectivity index (χ1n) is 12.4. The molecule has 0 radical (unpaired) electrons. The van der Waals surface area contributed by atoms with Crippen LogP contribution in [-0.2, 0) is 13.9 Å². The molecule has 1 heterocycles. The Morgan fingerprint density at radius 2 is 1.56 bits per heavy atom. The van der Waals surface area contributed by atoms with E-state index in [9.17, 15) is 4.79 Å². The molecular weight excluding hydrogens is 460 g/mol. The topological polar surface area (TPSA) is 44.8 Å². The maximum Gasteiger partial charge on any atom is 0.338 e. The molecule has 0 aliphatic carbocycles. The van der Waals surface area contributed by atoms with Gasteiger partial charge in [0.2, 0.25) is 0 Å². The van der Waals surface area contributed by atoms with Crippen LogP contribution < -0.4 is 0 Å². The number of thioether (sulfide) groups is 1. The SMILES string of the molecule is Cc1ccc(S[C@H]2C[C@H](OC(=O)c3ccccc3)[C@@H](CO[Si](C(C)C)(C(C)C)C(C)C)O2)cc1. The molecule has 0 unspecified atom stereocenters. The summed E-state index contributed by atoms with van der Waals surface area (Å²) in [6.07, 6.45) is 0.0256. The van der Waals surface area contributed by atoms with Crippen molar-refractivity contribution in [2.75, 3.05) is 6.61 Å². The van der Waals surface area contributed by atoms with Gasteiger partial charge in [-0.1, -0.05) is 89.2 Å². The fourth-order valence-corrected chi connectivity index (χ4v) is 11.8. The van der Waals surface area contributed by atoms with Crippen LogP contribution >= 0.6 is 11.8 Å². The van der Waals surface area contributed by atoms with Gasteiger partial charge in [-0.25, -0.2) is 4.79 Å². The molecule has 186 valence electrons. The Balaban J connectivity index is 1.77. The van der Waals surface area contributed by atoms with Gasteiger partial charge < -0.3 is 13.9 Å². The van der Waals surface area contributed by atoms with Gasteiger partial charge in [0.15, 0.2) is 8.32 Å². The molecule has 0 amide bonds. The number of esters is 1. The lowest BCUT2D eigenvalue weighted by molar-refractivity contribution is -0.0207. The molecule has 0 N–H and O–H groups in total. The highest BCUT2D eigenvalue weighted by Crippen LogP contribution is 2.43. The monoisotopic (exact) mass is 500 g/mol. The van der Waals surface area contributed by atoms with Crippen LogP contribution in [0, 0.1) is 6.92 Å². The Kier molecular flexibility index (Phi) is 9.44. The van der Waals surface area contributed by atoms with E-state index in [4.69, 9.17) is 13.9 Å². The number of benzene rings is 2. The minimum Gasteiger partial charge on any atom is -0.456 e. The van der Waals surface area contributed by atoms with Crippen molar-refractivity contribution >= 4 is 26.0 Å².